The third-order valence-electron chi connectivity index (χ3n) is 6.05. The van der Waals surface area contributed by atoms with E-state index in [4.69, 9.17) is 4.74 Å². The van der Waals surface area contributed by atoms with Crippen molar-refractivity contribution >= 4 is 49.1 Å². The normalized spacial score (nSPS) is 21.7. The molecular formula is C19H37Cl3N4O4. The van der Waals surface area contributed by atoms with Gasteiger partial charge in [0.1, 0.15) is 6.61 Å². The van der Waals surface area contributed by atoms with Crippen LogP contribution in [0, 0.1) is 0 Å². The van der Waals surface area contributed by atoms with E-state index >= 15 is 0 Å². The lowest BCUT2D eigenvalue weighted by atomic mass is 10.0. The lowest BCUT2D eigenvalue weighted by molar-refractivity contribution is -0.150. The third kappa shape index (κ3) is 9.02. The number of nitrogens with zero attached hydrogens (tertiary/aromatic N) is 3. The van der Waals surface area contributed by atoms with Gasteiger partial charge in [-0.2, -0.15) is 0 Å². The van der Waals surface area contributed by atoms with E-state index in [1.165, 1.54) is 20.0 Å². The predicted octanol–water partition coefficient (Wildman–Crippen LogP) is 0.802. The van der Waals surface area contributed by atoms with Crippen molar-refractivity contribution in [2.75, 3.05) is 72.6 Å². The average Bonchev–Trinajstić information content (AvgIpc) is 2.73. The Morgan fingerprint density at radius 3 is 2.07 bits per heavy atom. The zero-order chi connectivity index (χ0) is 19.1. The van der Waals surface area contributed by atoms with Crippen LogP contribution in [0.5, 0.6) is 0 Å². The number of amides is 1. The molecule has 0 saturated carbocycles. The molecule has 3 heterocycles. The molecule has 0 bridgehead atoms. The molecule has 0 aromatic carbocycles. The fourth-order valence-electron chi connectivity index (χ4n) is 4.27. The maximum atomic E-state index is 12.6. The van der Waals surface area contributed by atoms with E-state index in [0.717, 1.165) is 52.1 Å². The lowest BCUT2D eigenvalue weighted by Gasteiger charge is -2.41. The Bertz CT molecular complexity index is 496. The second-order valence-electron chi connectivity index (χ2n) is 7.76. The number of likely N-dealkylation sites (tertiary alicyclic amines) is 1. The summed E-state index contributed by atoms with van der Waals surface area (Å²) in [7, 11) is 1.36. The number of carbonyl (C=O) groups excluding carboxylic acids is 2. The number of nitrogens with one attached hydrogen (secondary N) is 1. The van der Waals surface area contributed by atoms with Gasteiger partial charge in [0.25, 0.3) is 0 Å². The molecule has 0 radical (unpaired) electrons. The van der Waals surface area contributed by atoms with Gasteiger partial charge in [0.05, 0.1) is 19.8 Å². The first-order chi connectivity index (χ1) is 13.2. The van der Waals surface area contributed by atoms with Crippen molar-refractivity contribution in [2.45, 2.75) is 37.8 Å². The van der Waals surface area contributed by atoms with Crippen molar-refractivity contribution in [3.8, 4) is 0 Å². The van der Waals surface area contributed by atoms with E-state index in [1.807, 2.05) is 4.90 Å². The quantitative estimate of drug-likeness (QED) is 0.551. The zero-order valence-electron chi connectivity index (χ0n) is 17.8. The molecule has 11 heteroatoms. The predicted molar refractivity (Wildman–Crippen MR) is 123 cm³/mol. The van der Waals surface area contributed by atoms with Crippen LogP contribution < -0.4 is 5.32 Å². The smallest absolute Gasteiger partial charge is 0.331 e. The number of esters is 1. The van der Waals surface area contributed by atoms with Gasteiger partial charge in [0.15, 0.2) is 0 Å². The highest BCUT2D eigenvalue weighted by Crippen LogP contribution is 2.16. The average molecular weight is 492 g/mol. The third-order valence-corrected chi connectivity index (χ3v) is 6.05. The Labute approximate surface area is 198 Å². The summed E-state index contributed by atoms with van der Waals surface area (Å²) in [6, 6.07) is 0.716. The molecular weight excluding hydrogens is 455 g/mol. The van der Waals surface area contributed by atoms with Crippen molar-refractivity contribution in [2.24, 2.45) is 0 Å². The number of hydrogen-bond acceptors (Lipinski definition) is 7. The highest BCUT2D eigenvalue weighted by molar-refractivity contribution is 5.86. The minimum Gasteiger partial charge on any atom is -0.467 e. The van der Waals surface area contributed by atoms with Gasteiger partial charge < -0.3 is 19.7 Å². The first-order valence-electron chi connectivity index (χ1n) is 10.3. The maximum Gasteiger partial charge on any atom is 0.331 e. The Morgan fingerprint density at radius 1 is 0.900 bits per heavy atom. The number of rotatable bonds is 6. The van der Waals surface area contributed by atoms with E-state index in [1.54, 1.807) is 0 Å². The minimum absolute atomic E-state index is 0. The Kier molecular flexibility index (Phi) is 15.3. The van der Waals surface area contributed by atoms with Crippen molar-refractivity contribution in [1.29, 1.82) is 0 Å². The van der Waals surface area contributed by atoms with Gasteiger partial charge in [-0.1, -0.05) is 0 Å². The molecule has 0 spiro atoms. The summed E-state index contributed by atoms with van der Waals surface area (Å²) < 4.78 is 10.1. The van der Waals surface area contributed by atoms with E-state index in [2.05, 4.69) is 19.9 Å². The van der Waals surface area contributed by atoms with E-state index in [9.17, 15) is 9.59 Å². The molecule has 0 aliphatic carbocycles. The second kappa shape index (κ2) is 15.5. The summed E-state index contributed by atoms with van der Waals surface area (Å²) in [5, 5.41) is 3.43. The van der Waals surface area contributed by atoms with Crippen LogP contribution in [0.2, 0.25) is 0 Å². The van der Waals surface area contributed by atoms with E-state index in [-0.39, 0.29) is 61.8 Å². The maximum absolute atomic E-state index is 12.6. The molecule has 3 rings (SSSR count). The van der Waals surface area contributed by atoms with Crippen molar-refractivity contribution in [1.82, 2.24) is 20.0 Å². The summed E-state index contributed by atoms with van der Waals surface area (Å²) in [6.45, 7) is 8.29. The molecule has 178 valence electrons. The number of hydrogen-bond donors (Lipinski definition) is 1. The fourth-order valence-corrected chi connectivity index (χ4v) is 4.27. The number of piperazine rings is 1. The summed E-state index contributed by atoms with van der Waals surface area (Å²) in [5.41, 5.74) is 0. The van der Waals surface area contributed by atoms with Crippen LogP contribution in [-0.2, 0) is 19.1 Å². The number of ether oxygens (including phenoxy) is 2. The van der Waals surface area contributed by atoms with Gasteiger partial charge in [-0.05, 0) is 38.8 Å². The van der Waals surface area contributed by atoms with Gasteiger partial charge in [0.2, 0.25) is 5.91 Å². The molecule has 3 aliphatic rings. The van der Waals surface area contributed by atoms with Gasteiger partial charge >= 0.3 is 5.97 Å². The molecule has 0 aromatic rings. The Balaban J connectivity index is 0.00000280. The largest absolute Gasteiger partial charge is 0.467 e. The molecule has 0 atom stereocenters. The van der Waals surface area contributed by atoms with Crippen LogP contribution >= 0.6 is 37.2 Å². The minimum atomic E-state index is -0.350. The van der Waals surface area contributed by atoms with Gasteiger partial charge in [0, 0.05) is 45.3 Å². The van der Waals surface area contributed by atoms with Crippen molar-refractivity contribution < 1.29 is 19.1 Å². The SMILES string of the molecule is COC(=O)COC1CCN(C(=O)CN2CCN(C3CCNCC3)CC2)CC1.Cl.Cl.Cl. The number of methoxy groups -OCH3 is 1. The summed E-state index contributed by atoms with van der Waals surface area (Å²) in [5.74, 6) is -0.131. The highest BCUT2D eigenvalue weighted by Gasteiger charge is 2.28. The molecule has 3 fully saturated rings. The number of halogens is 3. The van der Waals surface area contributed by atoms with Crippen molar-refractivity contribution in [3.05, 3.63) is 0 Å². The van der Waals surface area contributed by atoms with Crippen LogP contribution in [0.1, 0.15) is 25.7 Å². The van der Waals surface area contributed by atoms with Crippen LogP contribution in [0.3, 0.4) is 0 Å². The molecule has 8 nitrogen and oxygen atoms in total. The molecule has 3 saturated heterocycles. The van der Waals surface area contributed by atoms with Crippen LogP contribution in [-0.4, -0.2) is 111 Å². The molecule has 0 unspecified atom stereocenters. The molecule has 0 aromatic heterocycles. The fraction of sp³-hybridized carbons (Fsp3) is 0.895. The van der Waals surface area contributed by atoms with Gasteiger partial charge in [-0.3, -0.25) is 14.6 Å². The second-order valence-corrected chi connectivity index (χ2v) is 7.76. The first kappa shape index (κ1) is 29.7. The highest BCUT2D eigenvalue weighted by atomic mass is 35.5. The number of carbonyl (C=O) groups is 2. The number of piperidine rings is 2. The monoisotopic (exact) mass is 490 g/mol. The summed E-state index contributed by atoms with van der Waals surface area (Å²) in [6.07, 6.45) is 4.10. The van der Waals surface area contributed by atoms with Crippen molar-refractivity contribution in [3.63, 3.8) is 0 Å². The molecule has 1 amide bonds. The summed E-state index contributed by atoms with van der Waals surface area (Å²) in [4.78, 5) is 30.6. The first-order valence-corrected chi connectivity index (χ1v) is 10.3. The lowest BCUT2D eigenvalue weighted by Crippen LogP contribution is -2.54. The van der Waals surface area contributed by atoms with E-state index < -0.39 is 0 Å². The Hall–Kier alpha value is -0.350. The molecule has 3 aliphatic heterocycles. The standard InChI is InChI=1S/C19H34N4O4.3ClH/c1-26-19(25)15-27-17-4-8-23(9-5-17)18(24)14-21-10-12-22(13-11-21)16-2-6-20-7-3-16;;;/h16-17,20H,2-15H2,1H3;3*1H. The van der Waals surface area contributed by atoms with Crippen LogP contribution in [0.15, 0.2) is 0 Å². The topological polar surface area (TPSA) is 74.4 Å². The van der Waals surface area contributed by atoms with Crippen LogP contribution in [0.4, 0.5) is 0 Å². The van der Waals surface area contributed by atoms with Crippen LogP contribution in [0.25, 0.3) is 0 Å². The van der Waals surface area contributed by atoms with Gasteiger partial charge in [-0.25, -0.2) is 4.79 Å². The molecule has 1 N–H and O–H groups in total. The van der Waals surface area contributed by atoms with E-state index in [0.29, 0.717) is 25.7 Å². The Morgan fingerprint density at radius 2 is 1.50 bits per heavy atom. The molecule has 30 heavy (non-hydrogen) atoms. The zero-order valence-corrected chi connectivity index (χ0v) is 20.2. The summed E-state index contributed by atoms with van der Waals surface area (Å²) >= 11 is 0. The van der Waals surface area contributed by atoms with Gasteiger partial charge in [-0.15, -0.1) is 37.2 Å².